The van der Waals surface area contributed by atoms with Crippen LogP contribution in [0.3, 0.4) is 0 Å². The molecule has 10 heteroatoms. The molecule has 1 unspecified atom stereocenters. The molecule has 1 aliphatic rings. The Morgan fingerprint density at radius 3 is 2.54 bits per heavy atom. The van der Waals surface area contributed by atoms with Crippen molar-refractivity contribution in [2.24, 2.45) is 0 Å². The van der Waals surface area contributed by atoms with Crippen molar-refractivity contribution >= 4 is 23.4 Å². The number of carbonyl (C=O) groups is 1. The van der Waals surface area contributed by atoms with E-state index in [4.69, 9.17) is 30.3 Å². The van der Waals surface area contributed by atoms with E-state index in [2.05, 4.69) is 10.5 Å². The number of aliphatic hydroxyl groups is 2. The molecule has 1 atom stereocenters. The Morgan fingerprint density at radius 2 is 1.78 bits per heavy atom. The van der Waals surface area contributed by atoms with Gasteiger partial charge in [0.25, 0.3) is 0 Å². The highest BCUT2D eigenvalue weighted by Gasteiger charge is 2.24. The van der Waals surface area contributed by atoms with Crippen molar-refractivity contribution in [3.8, 4) is 33.9 Å². The van der Waals surface area contributed by atoms with Gasteiger partial charge in [-0.2, -0.15) is 0 Å². The lowest BCUT2D eigenvalue weighted by atomic mass is 9.98. The first-order valence-electron chi connectivity index (χ1n) is 11.5. The van der Waals surface area contributed by atoms with E-state index in [1.165, 1.54) is 6.20 Å². The van der Waals surface area contributed by atoms with E-state index in [9.17, 15) is 15.0 Å². The van der Waals surface area contributed by atoms with Gasteiger partial charge in [-0.25, -0.2) is 4.79 Å². The fraction of sp³-hybridized carbons (Fsp3) is 0.185. The minimum atomic E-state index is -1.49. The number of benzene rings is 3. The number of hydrogen-bond donors (Lipinski definition) is 3. The van der Waals surface area contributed by atoms with E-state index < -0.39 is 18.5 Å². The molecule has 9 nitrogen and oxygen atoms in total. The van der Waals surface area contributed by atoms with Crippen LogP contribution >= 0.6 is 11.6 Å². The standard InChI is InChI=1S/C27H23ClN2O7/c1-15(19-4-2-3-5-21(19)28)36-27(33)30-22-13-29-37-24(22)17-8-6-16(7-9-17)20-11-10-18(12-23(31)32)25-26(20)35-14-34-25/h2-11,13,15,23,31-32H,12,14H2,1H3,(H,30,33). The Labute approximate surface area is 217 Å². The molecule has 190 valence electrons. The number of ether oxygens (including phenoxy) is 3. The maximum absolute atomic E-state index is 12.5. The molecule has 0 bridgehead atoms. The molecular weight excluding hydrogens is 500 g/mol. The zero-order valence-corrected chi connectivity index (χ0v) is 20.4. The van der Waals surface area contributed by atoms with E-state index in [0.717, 1.165) is 11.1 Å². The molecule has 0 saturated carbocycles. The summed E-state index contributed by atoms with van der Waals surface area (Å²) in [6.45, 7) is 1.79. The second kappa shape index (κ2) is 10.5. The van der Waals surface area contributed by atoms with Crippen LogP contribution in [0.25, 0.3) is 22.5 Å². The smallest absolute Gasteiger partial charge is 0.412 e. The number of fused-ring (bicyclic) bond motifs is 1. The van der Waals surface area contributed by atoms with Gasteiger partial charge in [-0.05, 0) is 18.6 Å². The maximum Gasteiger partial charge on any atom is 0.412 e. The molecule has 1 aliphatic heterocycles. The quantitative estimate of drug-likeness (QED) is 0.270. The molecule has 3 N–H and O–H groups in total. The van der Waals surface area contributed by atoms with Gasteiger partial charge in [-0.15, -0.1) is 0 Å². The van der Waals surface area contributed by atoms with Gasteiger partial charge in [-0.3, -0.25) is 5.32 Å². The minimum Gasteiger partial charge on any atom is -0.453 e. The summed E-state index contributed by atoms with van der Waals surface area (Å²) in [7, 11) is 0. The monoisotopic (exact) mass is 522 g/mol. The van der Waals surface area contributed by atoms with Crippen molar-refractivity contribution in [1.82, 2.24) is 5.16 Å². The van der Waals surface area contributed by atoms with Crippen LogP contribution in [0.5, 0.6) is 11.5 Å². The van der Waals surface area contributed by atoms with Crippen LogP contribution in [0.2, 0.25) is 5.02 Å². The Kier molecular flexibility index (Phi) is 7.00. The summed E-state index contributed by atoms with van der Waals surface area (Å²) in [4.78, 5) is 12.5. The Bertz CT molecular complexity index is 1420. The Balaban J connectivity index is 1.32. The summed E-state index contributed by atoms with van der Waals surface area (Å²) in [5.74, 6) is 1.41. The highest BCUT2D eigenvalue weighted by Crippen LogP contribution is 2.44. The molecule has 3 aromatic carbocycles. The van der Waals surface area contributed by atoms with Crippen molar-refractivity contribution in [2.45, 2.75) is 25.7 Å². The second-order valence-electron chi connectivity index (χ2n) is 8.36. The number of halogens is 1. The molecule has 37 heavy (non-hydrogen) atoms. The molecule has 0 aliphatic carbocycles. The molecule has 1 amide bonds. The van der Waals surface area contributed by atoms with Crippen molar-refractivity contribution in [1.29, 1.82) is 0 Å². The number of rotatable bonds is 7. The topological polar surface area (TPSA) is 123 Å². The van der Waals surface area contributed by atoms with E-state index in [-0.39, 0.29) is 13.2 Å². The lowest BCUT2D eigenvalue weighted by molar-refractivity contribution is -0.0385. The first kappa shape index (κ1) is 24.6. The number of aromatic nitrogens is 1. The third-order valence-electron chi connectivity index (χ3n) is 5.89. The summed E-state index contributed by atoms with van der Waals surface area (Å²) in [5.41, 5.74) is 4.03. The Hall–Kier alpha value is -4.05. The highest BCUT2D eigenvalue weighted by atomic mass is 35.5. The van der Waals surface area contributed by atoms with Crippen LogP contribution in [-0.4, -0.2) is 34.5 Å². The molecule has 2 heterocycles. The van der Waals surface area contributed by atoms with Gasteiger partial charge in [0.05, 0.1) is 6.20 Å². The average molecular weight is 523 g/mol. The first-order valence-corrected chi connectivity index (χ1v) is 11.8. The summed E-state index contributed by atoms with van der Waals surface area (Å²) in [6.07, 6.45) is -1.28. The van der Waals surface area contributed by atoms with Crippen LogP contribution in [0, 0.1) is 0 Å². The lowest BCUT2D eigenvalue weighted by Crippen LogP contribution is -2.16. The molecule has 0 spiro atoms. The van der Waals surface area contributed by atoms with Crippen molar-refractivity contribution in [3.63, 3.8) is 0 Å². The number of carbonyl (C=O) groups excluding carboxylic acids is 1. The third-order valence-corrected chi connectivity index (χ3v) is 6.24. The van der Waals surface area contributed by atoms with Gasteiger partial charge < -0.3 is 28.9 Å². The average Bonchev–Trinajstić information content (AvgIpc) is 3.55. The fourth-order valence-electron chi connectivity index (χ4n) is 4.14. The molecule has 0 saturated heterocycles. The van der Waals surface area contributed by atoms with Crippen molar-refractivity contribution in [3.05, 3.63) is 83.0 Å². The van der Waals surface area contributed by atoms with Gasteiger partial charge in [0, 0.05) is 33.7 Å². The number of nitrogens with one attached hydrogen (secondary N) is 1. The van der Waals surface area contributed by atoms with Crippen LogP contribution < -0.4 is 14.8 Å². The van der Waals surface area contributed by atoms with E-state index in [1.807, 2.05) is 36.4 Å². The molecule has 1 aromatic heterocycles. The SMILES string of the molecule is CC(OC(=O)Nc1cnoc1-c1ccc(-c2ccc(CC(O)O)c3c2OCO3)cc1)c1ccccc1Cl. The van der Waals surface area contributed by atoms with Gasteiger partial charge in [0.1, 0.15) is 11.8 Å². The van der Waals surface area contributed by atoms with Gasteiger partial charge in [0.15, 0.2) is 23.5 Å². The van der Waals surface area contributed by atoms with Crippen molar-refractivity contribution in [2.75, 3.05) is 12.1 Å². The van der Waals surface area contributed by atoms with Gasteiger partial charge in [0.2, 0.25) is 6.79 Å². The van der Waals surface area contributed by atoms with E-state index in [1.54, 1.807) is 31.2 Å². The van der Waals surface area contributed by atoms with Crippen LogP contribution in [-0.2, 0) is 11.2 Å². The summed E-state index contributed by atoms with van der Waals surface area (Å²) < 4.78 is 22.1. The predicted molar refractivity (Wildman–Crippen MR) is 135 cm³/mol. The van der Waals surface area contributed by atoms with E-state index in [0.29, 0.717) is 44.7 Å². The molecule has 4 aromatic rings. The maximum atomic E-state index is 12.5. The number of anilines is 1. The largest absolute Gasteiger partial charge is 0.453 e. The fourth-order valence-corrected chi connectivity index (χ4v) is 4.43. The van der Waals surface area contributed by atoms with E-state index >= 15 is 0 Å². The molecule has 5 rings (SSSR count). The molecule has 0 radical (unpaired) electrons. The van der Waals surface area contributed by atoms with Gasteiger partial charge in [-0.1, -0.05) is 71.4 Å². The number of amides is 1. The normalized spacial score (nSPS) is 13.0. The molecule has 0 fully saturated rings. The summed E-state index contributed by atoms with van der Waals surface area (Å²) in [5, 5.41) is 25.7. The lowest BCUT2D eigenvalue weighted by Gasteiger charge is -2.15. The Morgan fingerprint density at radius 1 is 1.05 bits per heavy atom. The van der Waals surface area contributed by atoms with Crippen LogP contribution in [0.4, 0.5) is 10.5 Å². The predicted octanol–water partition coefficient (Wildman–Crippen LogP) is 5.55. The van der Waals surface area contributed by atoms with Gasteiger partial charge >= 0.3 is 6.09 Å². The first-order chi connectivity index (χ1) is 17.9. The summed E-state index contributed by atoms with van der Waals surface area (Å²) >= 11 is 6.19. The number of nitrogens with zero attached hydrogens (tertiary/aromatic N) is 1. The number of aliphatic hydroxyl groups excluding tert-OH is 1. The second-order valence-corrected chi connectivity index (χ2v) is 8.77. The van der Waals surface area contributed by atoms with Crippen LogP contribution in [0.15, 0.2) is 71.4 Å². The van der Waals surface area contributed by atoms with Crippen molar-refractivity contribution < 1.29 is 33.7 Å². The highest BCUT2D eigenvalue weighted by molar-refractivity contribution is 6.31. The van der Waals surface area contributed by atoms with Crippen LogP contribution in [0.1, 0.15) is 24.2 Å². The zero-order valence-electron chi connectivity index (χ0n) is 19.7. The molecular formula is C27H23ClN2O7. The number of hydrogen-bond acceptors (Lipinski definition) is 8. The summed E-state index contributed by atoms with van der Waals surface area (Å²) in [6, 6.07) is 18.2. The minimum absolute atomic E-state index is 0.0335. The zero-order chi connectivity index (χ0) is 25.9. The third kappa shape index (κ3) is 5.24.